The summed E-state index contributed by atoms with van der Waals surface area (Å²) in [5, 5.41) is 17.4. The Balaban J connectivity index is 2.12. The summed E-state index contributed by atoms with van der Waals surface area (Å²) in [6, 6.07) is 0.258. The average molecular weight is 293 g/mol. The van der Waals surface area contributed by atoms with Crippen molar-refractivity contribution in [2.45, 2.75) is 52.0 Å². The third-order valence-corrected chi connectivity index (χ3v) is 3.86. The maximum Gasteiger partial charge on any atom is 0.329 e. The topological polar surface area (TPSA) is 93.0 Å². The zero-order valence-corrected chi connectivity index (χ0v) is 12.6. The van der Waals surface area contributed by atoms with Crippen molar-refractivity contribution in [2.75, 3.05) is 17.2 Å². The molecule has 0 aromatic carbocycles. The van der Waals surface area contributed by atoms with Gasteiger partial charge in [0.2, 0.25) is 11.8 Å². The van der Waals surface area contributed by atoms with Crippen molar-refractivity contribution >= 4 is 17.5 Å². The lowest BCUT2D eigenvalue weighted by Crippen LogP contribution is -2.26. The van der Waals surface area contributed by atoms with Crippen molar-refractivity contribution in [2.24, 2.45) is 5.92 Å². The molecule has 0 bridgehead atoms. The molecule has 21 heavy (non-hydrogen) atoms. The lowest BCUT2D eigenvalue weighted by molar-refractivity contribution is -0.384. The highest BCUT2D eigenvalue weighted by atomic mass is 16.6. The van der Waals surface area contributed by atoms with E-state index in [2.05, 4.69) is 27.5 Å². The van der Waals surface area contributed by atoms with Gasteiger partial charge in [-0.1, -0.05) is 13.8 Å². The quantitative estimate of drug-likeness (QED) is 0.618. The van der Waals surface area contributed by atoms with E-state index in [1.54, 1.807) is 0 Å². The van der Waals surface area contributed by atoms with Gasteiger partial charge in [-0.05, 0) is 38.0 Å². The summed E-state index contributed by atoms with van der Waals surface area (Å²) in [4.78, 5) is 18.9. The third-order valence-electron chi connectivity index (χ3n) is 3.86. The van der Waals surface area contributed by atoms with Gasteiger partial charge in [-0.3, -0.25) is 10.1 Å². The Hall–Kier alpha value is -1.92. The van der Waals surface area contributed by atoms with E-state index in [1.165, 1.54) is 6.20 Å². The van der Waals surface area contributed by atoms with Crippen LogP contribution in [-0.4, -0.2) is 27.5 Å². The van der Waals surface area contributed by atoms with Gasteiger partial charge in [0.25, 0.3) is 0 Å². The molecule has 0 spiro atoms. The lowest BCUT2D eigenvalue weighted by Gasteiger charge is -2.27. The van der Waals surface area contributed by atoms with E-state index in [-0.39, 0.29) is 11.7 Å². The van der Waals surface area contributed by atoms with Crippen LogP contribution in [0.25, 0.3) is 0 Å². The summed E-state index contributed by atoms with van der Waals surface area (Å²) in [5.41, 5.74) is -0.0596. The Morgan fingerprint density at radius 1 is 1.38 bits per heavy atom. The minimum atomic E-state index is -0.433. The van der Waals surface area contributed by atoms with Crippen LogP contribution in [0.4, 0.5) is 17.5 Å². The second-order valence-corrected chi connectivity index (χ2v) is 5.71. The molecule has 2 rings (SSSR count). The first-order valence-electron chi connectivity index (χ1n) is 7.62. The van der Waals surface area contributed by atoms with Gasteiger partial charge in [0.1, 0.15) is 6.20 Å². The van der Waals surface area contributed by atoms with E-state index in [0.717, 1.165) is 44.6 Å². The van der Waals surface area contributed by atoms with E-state index in [1.807, 2.05) is 6.92 Å². The molecule has 1 fully saturated rings. The molecule has 1 aliphatic carbocycles. The lowest BCUT2D eigenvalue weighted by atomic mass is 9.87. The zero-order chi connectivity index (χ0) is 15.2. The van der Waals surface area contributed by atoms with Gasteiger partial charge in [-0.25, -0.2) is 4.98 Å². The number of nitrogens with one attached hydrogen (secondary N) is 2. The molecule has 116 valence electrons. The van der Waals surface area contributed by atoms with Crippen LogP contribution in [0.3, 0.4) is 0 Å². The summed E-state index contributed by atoms with van der Waals surface area (Å²) in [6.07, 6.45) is 6.58. The predicted molar refractivity (Wildman–Crippen MR) is 82.5 cm³/mol. The molecule has 7 heteroatoms. The summed E-state index contributed by atoms with van der Waals surface area (Å²) in [7, 11) is 0. The van der Waals surface area contributed by atoms with Gasteiger partial charge in [0.05, 0.1) is 4.92 Å². The maximum atomic E-state index is 11.1. The molecule has 1 saturated carbocycles. The zero-order valence-electron chi connectivity index (χ0n) is 12.6. The Kier molecular flexibility index (Phi) is 5.30. The largest absolute Gasteiger partial charge is 0.361 e. The normalized spacial score (nSPS) is 21.8. The maximum absolute atomic E-state index is 11.1. The van der Waals surface area contributed by atoms with Crippen molar-refractivity contribution in [3.8, 4) is 0 Å². The second kappa shape index (κ2) is 7.19. The molecule has 0 aliphatic heterocycles. The third kappa shape index (κ3) is 4.27. The minimum absolute atomic E-state index is 0.0596. The average Bonchev–Trinajstić information content (AvgIpc) is 2.47. The van der Waals surface area contributed by atoms with E-state index in [4.69, 9.17) is 0 Å². The van der Waals surface area contributed by atoms with Gasteiger partial charge in [-0.2, -0.15) is 4.98 Å². The Labute approximate surface area is 124 Å². The highest BCUT2D eigenvalue weighted by molar-refractivity contribution is 5.57. The summed E-state index contributed by atoms with van der Waals surface area (Å²) < 4.78 is 0. The SMILES string of the molecule is CCCNc1ncc([N+](=O)[O-])c(NC2CCC(C)CC2)n1. The smallest absolute Gasteiger partial charge is 0.329 e. The Morgan fingerprint density at radius 2 is 2.10 bits per heavy atom. The van der Waals surface area contributed by atoms with Gasteiger partial charge in [0.15, 0.2) is 0 Å². The van der Waals surface area contributed by atoms with E-state index >= 15 is 0 Å². The van der Waals surface area contributed by atoms with Crippen LogP contribution >= 0.6 is 0 Å². The van der Waals surface area contributed by atoms with Crippen LogP contribution in [0.5, 0.6) is 0 Å². The first-order chi connectivity index (χ1) is 10.1. The molecular formula is C14H23N5O2. The van der Waals surface area contributed by atoms with Crippen LogP contribution in [0.1, 0.15) is 46.0 Å². The molecule has 1 aromatic rings. The van der Waals surface area contributed by atoms with Crippen LogP contribution in [0.2, 0.25) is 0 Å². The van der Waals surface area contributed by atoms with Crippen LogP contribution in [-0.2, 0) is 0 Å². The first kappa shape index (κ1) is 15.5. The monoisotopic (exact) mass is 293 g/mol. The summed E-state index contributed by atoms with van der Waals surface area (Å²) in [5.74, 6) is 1.51. The number of rotatable bonds is 6. The highest BCUT2D eigenvalue weighted by Crippen LogP contribution is 2.29. The van der Waals surface area contributed by atoms with E-state index < -0.39 is 4.92 Å². The minimum Gasteiger partial charge on any atom is -0.361 e. The molecule has 0 radical (unpaired) electrons. The van der Waals surface area contributed by atoms with E-state index in [0.29, 0.717) is 11.8 Å². The number of aromatic nitrogens is 2. The molecule has 7 nitrogen and oxygen atoms in total. The van der Waals surface area contributed by atoms with Crippen LogP contribution in [0.15, 0.2) is 6.20 Å². The van der Waals surface area contributed by atoms with Crippen molar-refractivity contribution in [3.05, 3.63) is 16.3 Å². The Bertz CT molecular complexity index is 486. The highest BCUT2D eigenvalue weighted by Gasteiger charge is 2.23. The molecular weight excluding hydrogens is 270 g/mol. The number of nitrogens with zero attached hydrogens (tertiary/aromatic N) is 3. The van der Waals surface area contributed by atoms with Crippen molar-refractivity contribution in [1.82, 2.24) is 9.97 Å². The number of hydrogen-bond acceptors (Lipinski definition) is 6. The van der Waals surface area contributed by atoms with E-state index in [9.17, 15) is 10.1 Å². The van der Waals surface area contributed by atoms with Crippen molar-refractivity contribution in [3.63, 3.8) is 0 Å². The molecule has 0 unspecified atom stereocenters. The summed E-state index contributed by atoms with van der Waals surface area (Å²) >= 11 is 0. The molecule has 0 saturated heterocycles. The molecule has 1 heterocycles. The molecule has 2 N–H and O–H groups in total. The molecule has 1 aromatic heterocycles. The van der Waals surface area contributed by atoms with Crippen LogP contribution < -0.4 is 10.6 Å². The molecule has 0 amide bonds. The standard InChI is InChI=1S/C14H23N5O2/c1-3-8-15-14-16-9-12(19(20)21)13(18-14)17-11-6-4-10(2)5-7-11/h9-11H,3-8H2,1-2H3,(H2,15,16,17,18). The number of hydrogen-bond donors (Lipinski definition) is 2. The van der Waals surface area contributed by atoms with Gasteiger partial charge >= 0.3 is 5.69 Å². The number of anilines is 2. The fourth-order valence-electron chi connectivity index (χ4n) is 2.54. The Morgan fingerprint density at radius 3 is 2.71 bits per heavy atom. The van der Waals surface area contributed by atoms with Gasteiger partial charge in [-0.15, -0.1) is 0 Å². The van der Waals surface area contributed by atoms with Crippen LogP contribution in [0, 0.1) is 16.0 Å². The number of nitro groups is 1. The van der Waals surface area contributed by atoms with Crippen molar-refractivity contribution in [1.29, 1.82) is 0 Å². The fourth-order valence-corrected chi connectivity index (χ4v) is 2.54. The predicted octanol–water partition coefficient (Wildman–Crippen LogP) is 3.20. The van der Waals surface area contributed by atoms with Crippen molar-refractivity contribution < 1.29 is 4.92 Å². The molecule has 0 atom stereocenters. The first-order valence-corrected chi connectivity index (χ1v) is 7.62. The summed E-state index contributed by atoms with van der Waals surface area (Å²) in [6.45, 7) is 5.04. The van der Waals surface area contributed by atoms with Gasteiger partial charge in [0, 0.05) is 12.6 Å². The fraction of sp³-hybridized carbons (Fsp3) is 0.714. The van der Waals surface area contributed by atoms with Gasteiger partial charge < -0.3 is 10.6 Å². The second-order valence-electron chi connectivity index (χ2n) is 5.71. The molecule has 1 aliphatic rings.